The van der Waals surface area contributed by atoms with E-state index in [-0.39, 0.29) is 6.61 Å². The highest BCUT2D eigenvalue weighted by atomic mass is 16.5. The van der Waals surface area contributed by atoms with Crippen molar-refractivity contribution < 1.29 is 14.6 Å². The van der Waals surface area contributed by atoms with Crippen LogP contribution in [0.1, 0.15) is 31.4 Å². The van der Waals surface area contributed by atoms with Crippen LogP contribution >= 0.6 is 0 Å². The lowest BCUT2D eigenvalue weighted by Crippen LogP contribution is -2.16. The number of hydrogen-bond donors (Lipinski definition) is 2. The molecule has 0 unspecified atom stereocenters. The van der Waals surface area contributed by atoms with Gasteiger partial charge in [0.25, 0.3) is 0 Å². The van der Waals surface area contributed by atoms with Gasteiger partial charge in [0.05, 0.1) is 13.2 Å². The zero-order valence-electron chi connectivity index (χ0n) is 12.2. The van der Waals surface area contributed by atoms with Crippen molar-refractivity contribution >= 4 is 11.8 Å². The summed E-state index contributed by atoms with van der Waals surface area (Å²) in [5.74, 6) is 6.11. The predicted octanol–water partition coefficient (Wildman–Crippen LogP) is 2.93. The van der Waals surface area contributed by atoms with Crippen molar-refractivity contribution in [2.24, 2.45) is 5.92 Å². The highest BCUT2D eigenvalue weighted by Gasteiger charge is 2.05. The first-order valence-corrected chi connectivity index (χ1v) is 6.66. The predicted molar refractivity (Wildman–Crippen MR) is 79.6 cm³/mol. The van der Waals surface area contributed by atoms with Gasteiger partial charge in [0.15, 0.2) is 0 Å². The first-order valence-electron chi connectivity index (χ1n) is 6.66. The highest BCUT2D eigenvalue weighted by Crippen LogP contribution is 2.14. The summed E-state index contributed by atoms with van der Waals surface area (Å²) in [5, 5.41) is 11.4. The Hall–Kier alpha value is -1.99. The Labute approximate surface area is 120 Å². The number of aliphatic hydroxyl groups is 1. The van der Waals surface area contributed by atoms with E-state index >= 15 is 0 Å². The summed E-state index contributed by atoms with van der Waals surface area (Å²) in [6.07, 6.45) is -0.0220. The van der Waals surface area contributed by atoms with Crippen LogP contribution in [0, 0.1) is 24.7 Å². The van der Waals surface area contributed by atoms with E-state index in [9.17, 15) is 4.79 Å². The molecule has 0 aliphatic rings. The average molecular weight is 275 g/mol. The number of benzene rings is 1. The van der Waals surface area contributed by atoms with E-state index in [0.29, 0.717) is 24.6 Å². The van der Waals surface area contributed by atoms with E-state index < -0.39 is 6.09 Å². The Morgan fingerprint density at radius 1 is 1.40 bits per heavy atom. The van der Waals surface area contributed by atoms with Crippen molar-refractivity contribution in [3.8, 4) is 11.8 Å². The molecule has 0 aliphatic carbocycles. The Morgan fingerprint density at radius 3 is 2.80 bits per heavy atom. The van der Waals surface area contributed by atoms with Gasteiger partial charge in [-0.05, 0) is 36.6 Å². The molecular formula is C16H21NO3. The van der Waals surface area contributed by atoms with Crippen LogP contribution in [0.4, 0.5) is 10.5 Å². The Morgan fingerprint density at radius 2 is 2.15 bits per heavy atom. The molecule has 2 N–H and O–H groups in total. The van der Waals surface area contributed by atoms with Gasteiger partial charge in [-0.1, -0.05) is 25.7 Å². The number of anilines is 1. The summed E-state index contributed by atoms with van der Waals surface area (Å²) in [7, 11) is 0. The maximum Gasteiger partial charge on any atom is 0.411 e. The fourth-order valence-corrected chi connectivity index (χ4v) is 1.54. The first-order chi connectivity index (χ1) is 9.51. The second-order valence-corrected chi connectivity index (χ2v) is 4.98. The van der Waals surface area contributed by atoms with Gasteiger partial charge in [-0.25, -0.2) is 4.79 Å². The topological polar surface area (TPSA) is 58.6 Å². The molecule has 20 heavy (non-hydrogen) atoms. The molecule has 0 aliphatic heterocycles. The molecule has 0 atom stereocenters. The summed E-state index contributed by atoms with van der Waals surface area (Å²) >= 11 is 0. The quantitative estimate of drug-likeness (QED) is 0.831. The van der Waals surface area contributed by atoms with Crippen molar-refractivity contribution in [2.75, 3.05) is 18.5 Å². The third-order valence-corrected chi connectivity index (χ3v) is 2.34. The first kappa shape index (κ1) is 16.1. The van der Waals surface area contributed by atoms with Gasteiger partial charge in [-0.2, -0.15) is 0 Å². The molecule has 0 bridgehead atoms. The van der Waals surface area contributed by atoms with Crippen LogP contribution in [0.3, 0.4) is 0 Å². The maximum atomic E-state index is 11.6. The number of rotatable bonds is 4. The van der Waals surface area contributed by atoms with E-state index in [4.69, 9.17) is 9.84 Å². The standard InChI is InChI=1S/C16H21NO3/c1-12(2)11-20-16(19)17-15-9-13(3)8-14(10-15)6-4-5-7-18/h8-10,12,18H,5,7,11H2,1-3H3,(H,17,19). The molecule has 1 rings (SSSR count). The minimum atomic E-state index is -0.460. The number of ether oxygens (including phenoxy) is 1. The molecule has 0 spiro atoms. The lowest BCUT2D eigenvalue weighted by Gasteiger charge is -2.09. The SMILES string of the molecule is Cc1cc(C#CCCO)cc(NC(=O)OCC(C)C)c1. The Bertz CT molecular complexity index is 512. The van der Waals surface area contributed by atoms with Gasteiger partial charge in [0.1, 0.15) is 0 Å². The van der Waals surface area contributed by atoms with Crippen LogP contribution in [0.25, 0.3) is 0 Å². The van der Waals surface area contributed by atoms with E-state index in [1.165, 1.54) is 0 Å². The van der Waals surface area contributed by atoms with E-state index in [1.807, 2.05) is 32.9 Å². The molecule has 0 saturated heterocycles. The van der Waals surface area contributed by atoms with Crippen molar-refractivity contribution in [2.45, 2.75) is 27.2 Å². The maximum absolute atomic E-state index is 11.6. The lowest BCUT2D eigenvalue weighted by molar-refractivity contribution is 0.147. The van der Waals surface area contributed by atoms with Crippen LogP contribution in [0.15, 0.2) is 18.2 Å². The molecule has 1 amide bonds. The second-order valence-electron chi connectivity index (χ2n) is 4.98. The molecular weight excluding hydrogens is 254 g/mol. The van der Waals surface area contributed by atoms with Crippen LogP contribution < -0.4 is 5.32 Å². The van der Waals surface area contributed by atoms with Gasteiger partial charge < -0.3 is 9.84 Å². The number of hydrogen-bond acceptors (Lipinski definition) is 3. The lowest BCUT2D eigenvalue weighted by atomic mass is 10.1. The summed E-state index contributed by atoms with van der Waals surface area (Å²) < 4.78 is 5.07. The zero-order chi connectivity index (χ0) is 15.0. The highest BCUT2D eigenvalue weighted by molar-refractivity contribution is 5.85. The Kier molecular flexibility index (Phi) is 6.61. The fraction of sp³-hybridized carbons (Fsp3) is 0.438. The van der Waals surface area contributed by atoms with Gasteiger partial charge in [-0.3, -0.25) is 5.32 Å². The normalized spacial score (nSPS) is 9.85. The van der Waals surface area contributed by atoms with Gasteiger partial charge >= 0.3 is 6.09 Å². The molecule has 1 aromatic rings. The largest absolute Gasteiger partial charge is 0.449 e. The molecule has 0 saturated carbocycles. The summed E-state index contributed by atoms with van der Waals surface area (Å²) in [5.41, 5.74) is 2.46. The van der Waals surface area contributed by atoms with Gasteiger partial charge in [0.2, 0.25) is 0 Å². The number of carbonyl (C=O) groups excluding carboxylic acids is 1. The van der Waals surface area contributed by atoms with Crippen LogP contribution in [0.5, 0.6) is 0 Å². The van der Waals surface area contributed by atoms with E-state index in [1.54, 1.807) is 6.07 Å². The summed E-state index contributed by atoms with van der Waals surface area (Å²) in [4.78, 5) is 11.6. The Balaban J connectivity index is 2.71. The van der Waals surface area contributed by atoms with Gasteiger partial charge in [0, 0.05) is 17.7 Å². The number of aliphatic hydroxyl groups excluding tert-OH is 1. The molecule has 4 nitrogen and oxygen atoms in total. The van der Waals surface area contributed by atoms with Crippen molar-refractivity contribution in [1.82, 2.24) is 0 Å². The van der Waals surface area contributed by atoms with Crippen molar-refractivity contribution in [3.63, 3.8) is 0 Å². The molecule has 108 valence electrons. The fourth-order valence-electron chi connectivity index (χ4n) is 1.54. The van der Waals surface area contributed by atoms with E-state index in [2.05, 4.69) is 17.2 Å². The average Bonchev–Trinajstić information content (AvgIpc) is 2.36. The summed E-state index contributed by atoms with van der Waals surface area (Å²) in [6, 6.07) is 5.57. The third-order valence-electron chi connectivity index (χ3n) is 2.34. The summed E-state index contributed by atoms with van der Waals surface area (Å²) in [6.45, 7) is 6.33. The zero-order valence-corrected chi connectivity index (χ0v) is 12.2. The van der Waals surface area contributed by atoms with Crippen LogP contribution in [-0.2, 0) is 4.74 Å². The number of amides is 1. The molecule has 0 aromatic heterocycles. The number of carbonyl (C=O) groups is 1. The molecule has 4 heteroatoms. The van der Waals surface area contributed by atoms with Crippen LogP contribution in [0.2, 0.25) is 0 Å². The second kappa shape index (κ2) is 8.23. The monoisotopic (exact) mass is 275 g/mol. The smallest absolute Gasteiger partial charge is 0.411 e. The number of nitrogens with one attached hydrogen (secondary N) is 1. The minimum absolute atomic E-state index is 0.0471. The molecule has 0 fully saturated rings. The molecule has 0 heterocycles. The molecule has 0 radical (unpaired) electrons. The minimum Gasteiger partial charge on any atom is -0.449 e. The van der Waals surface area contributed by atoms with Crippen molar-refractivity contribution in [3.05, 3.63) is 29.3 Å². The number of aryl methyl sites for hydroxylation is 1. The van der Waals surface area contributed by atoms with Crippen molar-refractivity contribution in [1.29, 1.82) is 0 Å². The van der Waals surface area contributed by atoms with E-state index in [0.717, 1.165) is 11.1 Å². The molecule has 1 aromatic carbocycles. The third kappa shape index (κ3) is 6.26. The van der Waals surface area contributed by atoms with Crippen LogP contribution in [-0.4, -0.2) is 24.4 Å². The van der Waals surface area contributed by atoms with Gasteiger partial charge in [-0.15, -0.1) is 0 Å².